The minimum absolute atomic E-state index is 0.0503. The summed E-state index contributed by atoms with van der Waals surface area (Å²) in [5, 5.41) is 14.3. The standard InChI is InChI=1S/C20H29N5O4/c1-2-19(26)21-16-6-5-9-22(14-16)15-20(27)24-12-10-23(11-13-24)17-7-3-4-8-18(17)25(28)29/h3-4,7-8,16H,2,5-6,9-15H2,1H3,(H,21,26). The first-order chi connectivity index (χ1) is 14.0. The van der Waals surface area contributed by atoms with Gasteiger partial charge < -0.3 is 15.1 Å². The first kappa shape index (κ1) is 21.0. The summed E-state index contributed by atoms with van der Waals surface area (Å²) in [6, 6.07) is 6.84. The molecule has 2 amide bonds. The second-order valence-corrected chi connectivity index (χ2v) is 7.61. The Morgan fingerprint density at radius 2 is 1.90 bits per heavy atom. The van der Waals surface area contributed by atoms with Gasteiger partial charge in [0.1, 0.15) is 5.69 Å². The van der Waals surface area contributed by atoms with Gasteiger partial charge in [-0.3, -0.25) is 24.6 Å². The van der Waals surface area contributed by atoms with Gasteiger partial charge in [-0.2, -0.15) is 0 Å². The lowest BCUT2D eigenvalue weighted by Crippen LogP contribution is -2.54. The van der Waals surface area contributed by atoms with Crippen LogP contribution in [-0.2, 0) is 9.59 Å². The molecular weight excluding hydrogens is 374 g/mol. The number of hydrogen-bond acceptors (Lipinski definition) is 6. The number of piperazine rings is 1. The maximum atomic E-state index is 12.7. The molecule has 3 rings (SSSR count). The molecule has 1 atom stereocenters. The van der Waals surface area contributed by atoms with E-state index in [2.05, 4.69) is 10.2 Å². The van der Waals surface area contributed by atoms with E-state index in [4.69, 9.17) is 0 Å². The molecule has 29 heavy (non-hydrogen) atoms. The van der Waals surface area contributed by atoms with E-state index in [9.17, 15) is 19.7 Å². The van der Waals surface area contributed by atoms with Crippen LogP contribution in [0.5, 0.6) is 0 Å². The van der Waals surface area contributed by atoms with Crippen molar-refractivity contribution in [3.05, 3.63) is 34.4 Å². The number of likely N-dealkylation sites (tertiary alicyclic amines) is 1. The third kappa shape index (κ3) is 5.44. The zero-order valence-electron chi connectivity index (χ0n) is 16.9. The van der Waals surface area contributed by atoms with Crippen LogP contribution in [0.2, 0.25) is 0 Å². The van der Waals surface area contributed by atoms with Crippen LogP contribution in [-0.4, -0.2) is 78.4 Å². The fraction of sp³-hybridized carbons (Fsp3) is 0.600. The summed E-state index contributed by atoms with van der Waals surface area (Å²) in [7, 11) is 0. The maximum Gasteiger partial charge on any atom is 0.292 e. The van der Waals surface area contributed by atoms with Gasteiger partial charge in [0, 0.05) is 51.3 Å². The van der Waals surface area contributed by atoms with Gasteiger partial charge in [0.05, 0.1) is 11.5 Å². The van der Waals surface area contributed by atoms with Gasteiger partial charge in [-0.25, -0.2) is 0 Å². The highest BCUT2D eigenvalue weighted by atomic mass is 16.6. The number of benzene rings is 1. The Morgan fingerprint density at radius 1 is 1.17 bits per heavy atom. The number of rotatable bonds is 6. The minimum Gasteiger partial charge on any atom is -0.362 e. The van der Waals surface area contributed by atoms with Crippen molar-refractivity contribution in [3.63, 3.8) is 0 Å². The average Bonchev–Trinajstić information content (AvgIpc) is 2.74. The molecule has 2 heterocycles. The number of nitrogens with zero attached hydrogens (tertiary/aromatic N) is 4. The first-order valence-corrected chi connectivity index (χ1v) is 10.3. The number of para-hydroxylation sites is 2. The minimum atomic E-state index is -0.364. The third-order valence-corrected chi connectivity index (χ3v) is 5.60. The van der Waals surface area contributed by atoms with Crippen molar-refractivity contribution < 1.29 is 14.5 Å². The summed E-state index contributed by atoms with van der Waals surface area (Å²) in [6.45, 7) is 6.00. The second kappa shape index (κ2) is 9.69. The zero-order valence-corrected chi connectivity index (χ0v) is 16.9. The summed E-state index contributed by atoms with van der Waals surface area (Å²) >= 11 is 0. The van der Waals surface area contributed by atoms with E-state index in [0.717, 1.165) is 19.4 Å². The quantitative estimate of drug-likeness (QED) is 0.567. The predicted octanol–water partition coefficient (Wildman–Crippen LogP) is 1.23. The first-order valence-electron chi connectivity index (χ1n) is 10.3. The van der Waals surface area contributed by atoms with E-state index in [1.165, 1.54) is 6.07 Å². The van der Waals surface area contributed by atoms with Crippen LogP contribution in [0.1, 0.15) is 26.2 Å². The lowest BCUT2D eigenvalue weighted by Gasteiger charge is -2.38. The number of piperidine rings is 1. The van der Waals surface area contributed by atoms with Crippen LogP contribution < -0.4 is 10.2 Å². The van der Waals surface area contributed by atoms with Crippen LogP contribution in [0, 0.1) is 10.1 Å². The summed E-state index contributed by atoms with van der Waals surface area (Å²) in [6.07, 6.45) is 2.39. The molecule has 1 N–H and O–H groups in total. The highest BCUT2D eigenvalue weighted by Crippen LogP contribution is 2.28. The van der Waals surface area contributed by atoms with Crippen molar-refractivity contribution in [2.75, 3.05) is 50.7 Å². The van der Waals surface area contributed by atoms with E-state index in [1.54, 1.807) is 18.2 Å². The van der Waals surface area contributed by atoms with Gasteiger partial charge in [0.25, 0.3) is 5.69 Å². The summed E-state index contributed by atoms with van der Waals surface area (Å²) < 4.78 is 0. The molecule has 2 aliphatic rings. The Balaban J connectivity index is 1.50. The van der Waals surface area contributed by atoms with Crippen molar-refractivity contribution in [1.29, 1.82) is 0 Å². The summed E-state index contributed by atoms with van der Waals surface area (Å²) in [5.74, 6) is 0.129. The van der Waals surface area contributed by atoms with Crippen molar-refractivity contribution in [1.82, 2.24) is 15.1 Å². The van der Waals surface area contributed by atoms with Gasteiger partial charge in [0.2, 0.25) is 11.8 Å². The highest BCUT2D eigenvalue weighted by Gasteiger charge is 2.28. The fourth-order valence-electron chi connectivity index (χ4n) is 4.02. The monoisotopic (exact) mass is 403 g/mol. The fourth-order valence-corrected chi connectivity index (χ4v) is 4.02. The largest absolute Gasteiger partial charge is 0.362 e. The van der Waals surface area contributed by atoms with Gasteiger partial charge >= 0.3 is 0 Å². The van der Waals surface area contributed by atoms with Gasteiger partial charge in [-0.05, 0) is 25.5 Å². The number of nitro benzene ring substituents is 1. The molecule has 0 spiro atoms. The molecule has 0 radical (unpaired) electrons. The Morgan fingerprint density at radius 3 is 2.59 bits per heavy atom. The normalized spacial score (nSPS) is 20.4. The lowest BCUT2D eigenvalue weighted by molar-refractivity contribution is -0.384. The number of nitro groups is 1. The molecule has 1 aromatic rings. The van der Waals surface area contributed by atoms with E-state index >= 15 is 0 Å². The lowest BCUT2D eigenvalue weighted by atomic mass is 10.1. The van der Waals surface area contributed by atoms with Crippen molar-refractivity contribution >= 4 is 23.2 Å². The summed E-state index contributed by atoms with van der Waals surface area (Å²) in [5.41, 5.74) is 0.705. The molecule has 1 aromatic carbocycles. The molecule has 0 aromatic heterocycles. The van der Waals surface area contributed by atoms with E-state index in [1.807, 2.05) is 16.7 Å². The van der Waals surface area contributed by atoms with Crippen molar-refractivity contribution in [2.45, 2.75) is 32.2 Å². The van der Waals surface area contributed by atoms with Crippen molar-refractivity contribution in [2.24, 2.45) is 0 Å². The Bertz CT molecular complexity index is 748. The number of nitrogens with one attached hydrogen (secondary N) is 1. The van der Waals surface area contributed by atoms with Crippen LogP contribution in [0.4, 0.5) is 11.4 Å². The smallest absolute Gasteiger partial charge is 0.292 e. The maximum absolute atomic E-state index is 12.7. The molecule has 2 saturated heterocycles. The van der Waals surface area contributed by atoms with Crippen LogP contribution >= 0.6 is 0 Å². The molecule has 9 heteroatoms. The highest BCUT2D eigenvalue weighted by molar-refractivity contribution is 5.79. The molecule has 1 unspecified atom stereocenters. The Kier molecular flexibility index (Phi) is 7.03. The number of amides is 2. The number of carbonyl (C=O) groups excluding carboxylic acids is 2. The number of hydrogen-bond donors (Lipinski definition) is 1. The molecule has 2 aliphatic heterocycles. The molecule has 0 saturated carbocycles. The van der Waals surface area contributed by atoms with Gasteiger partial charge in [-0.1, -0.05) is 19.1 Å². The van der Waals surface area contributed by atoms with Crippen LogP contribution in [0.25, 0.3) is 0 Å². The molecule has 158 valence electrons. The Hall–Kier alpha value is -2.68. The zero-order chi connectivity index (χ0) is 20.8. The van der Waals surface area contributed by atoms with Gasteiger partial charge in [-0.15, -0.1) is 0 Å². The van der Waals surface area contributed by atoms with Crippen LogP contribution in [0.15, 0.2) is 24.3 Å². The molecular formula is C20H29N5O4. The molecule has 9 nitrogen and oxygen atoms in total. The van der Waals surface area contributed by atoms with Crippen LogP contribution in [0.3, 0.4) is 0 Å². The van der Waals surface area contributed by atoms with Crippen molar-refractivity contribution in [3.8, 4) is 0 Å². The van der Waals surface area contributed by atoms with E-state index in [-0.39, 0.29) is 28.5 Å². The molecule has 0 bridgehead atoms. The average molecular weight is 403 g/mol. The molecule has 2 fully saturated rings. The van der Waals surface area contributed by atoms with Gasteiger partial charge in [0.15, 0.2) is 0 Å². The second-order valence-electron chi connectivity index (χ2n) is 7.61. The number of carbonyl (C=O) groups is 2. The SMILES string of the molecule is CCC(=O)NC1CCCN(CC(=O)N2CCN(c3ccccc3[N+](=O)[O-])CC2)C1. The Labute approximate surface area is 170 Å². The topological polar surface area (TPSA) is 99.0 Å². The van der Waals surface area contributed by atoms with E-state index < -0.39 is 0 Å². The summed E-state index contributed by atoms with van der Waals surface area (Å²) in [4.78, 5) is 41.2. The third-order valence-electron chi connectivity index (χ3n) is 5.60. The predicted molar refractivity (Wildman–Crippen MR) is 110 cm³/mol. The van der Waals surface area contributed by atoms with E-state index in [0.29, 0.717) is 51.4 Å². The molecule has 0 aliphatic carbocycles. The number of anilines is 1.